The Bertz CT molecular complexity index is 470. The molecule has 1 N–H and O–H groups in total. The lowest BCUT2D eigenvalue weighted by atomic mass is 10.2. The summed E-state index contributed by atoms with van der Waals surface area (Å²) in [7, 11) is 0. The highest BCUT2D eigenvalue weighted by atomic mass is 19.3. The summed E-state index contributed by atoms with van der Waals surface area (Å²) in [5.41, 5.74) is -1.64. The van der Waals surface area contributed by atoms with Gasteiger partial charge < -0.3 is 5.11 Å². The third kappa shape index (κ3) is 1.87. The first-order valence-electron chi connectivity index (χ1n) is 4.80. The first kappa shape index (κ1) is 11.9. The standard InChI is InChI=1S/C9H8F4N2O2/c10-8(11)6-4-1-2-9(12,13)7(4)15(14-6)3-5(16)17/h8H,1-3H2,(H,16,17). The molecule has 4 nitrogen and oxygen atoms in total. The lowest BCUT2D eigenvalue weighted by molar-refractivity contribution is -0.138. The van der Waals surface area contributed by atoms with Gasteiger partial charge in [-0.3, -0.25) is 9.48 Å². The number of aliphatic carboxylic acids is 1. The van der Waals surface area contributed by atoms with Crippen LogP contribution in [-0.4, -0.2) is 20.9 Å². The second-order valence-electron chi connectivity index (χ2n) is 3.77. The topological polar surface area (TPSA) is 55.1 Å². The minimum atomic E-state index is -3.29. The van der Waals surface area contributed by atoms with E-state index in [1.165, 1.54) is 0 Å². The Hall–Kier alpha value is -1.60. The van der Waals surface area contributed by atoms with Gasteiger partial charge in [-0.25, -0.2) is 8.78 Å². The van der Waals surface area contributed by atoms with Gasteiger partial charge in [0, 0.05) is 12.0 Å². The highest BCUT2D eigenvalue weighted by Gasteiger charge is 2.46. The third-order valence-corrected chi connectivity index (χ3v) is 2.61. The molecule has 0 aliphatic heterocycles. The number of aromatic nitrogens is 2. The van der Waals surface area contributed by atoms with Gasteiger partial charge >= 0.3 is 5.97 Å². The van der Waals surface area contributed by atoms with Gasteiger partial charge in [0.15, 0.2) is 0 Å². The second-order valence-corrected chi connectivity index (χ2v) is 3.77. The molecule has 17 heavy (non-hydrogen) atoms. The summed E-state index contributed by atoms with van der Waals surface area (Å²) in [6.45, 7) is -0.843. The Labute approximate surface area is 92.8 Å². The zero-order valence-electron chi connectivity index (χ0n) is 8.46. The molecule has 94 valence electrons. The van der Waals surface area contributed by atoms with Crippen molar-refractivity contribution < 1.29 is 27.5 Å². The van der Waals surface area contributed by atoms with Gasteiger partial charge in [-0.15, -0.1) is 0 Å². The quantitative estimate of drug-likeness (QED) is 0.836. The van der Waals surface area contributed by atoms with E-state index in [-0.39, 0.29) is 12.0 Å². The first-order chi connectivity index (χ1) is 7.83. The molecule has 0 fully saturated rings. The number of fused-ring (bicyclic) bond motifs is 1. The van der Waals surface area contributed by atoms with Crippen LogP contribution in [0.3, 0.4) is 0 Å². The maximum absolute atomic E-state index is 13.4. The molecule has 1 heterocycles. The minimum Gasteiger partial charge on any atom is -0.480 e. The van der Waals surface area contributed by atoms with Crippen molar-refractivity contribution in [2.45, 2.75) is 31.7 Å². The normalized spacial score (nSPS) is 17.5. The van der Waals surface area contributed by atoms with E-state index in [2.05, 4.69) is 5.10 Å². The summed E-state index contributed by atoms with van der Waals surface area (Å²) in [6, 6.07) is 0. The molecule has 0 amide bonds. The fraction of sp³-hybridized carbons (Fsp3) is 0.556. The molecule has 1 aromatic heterocycles. The molecule has 1 aromatic rings. The van der Waals surface area contributed by atoms with Crippen molar-refractivity contribution in [1.29, 1.82) is 0 Å². The zero-order valence-corrected chi connectivity index (χ0v) is 8.46. The number of carboxylic acid groups (broad SMARTS) is 1. The monoisotopic (exact) mass is 252 g/mol. The predicted octanol–water partition coefficient (Wildman–Crippen LogP) is 1.94. The van der Waals surface area contributed by atoms with Gasteiger partial charge in [-0.2, -0.15) is 13.9 Å². The highest BCUT2D eigenvalue weighted by molar-refractivity contribution is 5.66. The van der Waals surface area contributed by atoms with Crippen molar-refractivity contribution in [2.75, 3.05) is 0 Å². The fourth-order valence-electron chi connectivity index (χ4n) is 1.99. The van der Waals surface area contributed by atoms with E-state index in [9.17, 15) is 22.4 Å². The summed E-state index contributed by atoms with van der Waals surface area (Å²) in [6.07, 6.45) is -3.77. The number of nitrogens with zero attached hydrogens (tertiary/aromatic N) is 2. The number of carboxylic acids is 1. The van der Waals surface area contributed by atoms with Crippen molar-refractivity contribution in [3.8, 4) is 0 Å². The lowest BCUT2D eigenvalue weighted by Crippen LogP contribution is -2.20. The van der Waals surface area contributed by atoms with Crippen LogP contribution < -0.4 is 0 Å². The summed E-state index contributed by atoms with van der Waals surface area (Å²) >= 11 is 0. The maximum Gasteiger partial charge on any atom is 0.325 e. The van der Waals surface area contributed by atoms with Crippen LogP contribution >= 0.6 is 0 Å². The van der Waals surface area contributed by atoms with Crippen LogP contribution in [0.15, 0.2) is 0 Å². The molecule has 0 saturated heterocycles. The van der Waals surface area contributed by atoms with Crippen LogP contribution in [0.5, 0.6) is 0 Å². The summed E-state index contributed by atoms with van der Waals surface area (Å²) in [5, 5.41) is 11.8. The Morgan fingerprint density at radius 1 is 1.53 bits per heavy atom. The van der Waals surface area contributed by atoms with Crippen LogP contribution in [-0.2, 0) is 23.7 Å². The van der Waals surface area contributed by atoms with Gasteiger partial charge in [0.1, 0.15) is 17.9 Å². The second kappa shape index (κ2) is 3.71. The molecule has 1 aliphatic rings. The molecular formula is C9H8F4N2O2. The van der Waals surface area contributed by atoms with E-state index in [0.717, 1.165) is 0 Å². The van der Waals surface area contributed by atoms with E-state index in [1.54, 1.807) is 0 Å². The maximum atomic E-state index is 13.4. The van der Waals surface area contributed by atoms with Gasteiger partial charge in [-0.1, -0.05) is 0 Å². The molecule has 0 bridgehead atoms. The Morgan fingerprint density at radius 2 is 2.18 bits per heavy atom. The van der Waals surface area contributed by atoms with Crippen LogP contribution in [0, 0.1) is 0 Å². The smallest absolute Gasteiger partial charge is 0.325 e. The number of alkyl halides is 4. The van der Waals surface area contributed by atoms with E-state index in [1.807, 2.05) is 0 Å². The van der Waals surface area contributed by atoms with Gasteiger partial charge in [0.25, 0.3) is 12.3 Å². The van der Waals surface area contributed by atoms with E-state index in [0.29, 0.717) is 4.68 Å². The fourth-order valence-corrected chi connectivity index (χ4v) is 1.99. The van der Waals surface area contributed by atoms with Crippen LogP contribution in [0.2, 0.25) is 0 Å². The molecule has 0 radical (unpaired) electrons. The molecule has 2 rings (SSSR count). The summed E-state index contributed by atoms with van der Waals surface area (Å²) < 4.78 is 52.4. The number of hydrogen-bond acceptors (Lipinski definition) is 2. The van der Waals surface area contributed by atoms with Gasteiger partial charge in [0.2, 0.25) is 0 Å². The van der Waals surface area contributed by atoms with Crippen LogP contribution in [0.25, 0.3) is 0 Å². The largest absolute Gasteiger partial charge is 0.480 e. The van der Waals surface area contributed by atoms with Crippen LogP contribution in [0.1, 0.15) is 29.8 Å². The molecule has 0 saturated carbocycles. The number of carbonyl (C=O) groups is 1. The van der Waals surface area contributed by atoms with E-state index in [4.69, 9.17) is 5.11 Å². The van der Waals surface area contributed by atoms with Crippen molar-refractivity contribution in [3.05, 3.63) is 17.0 Å². The molecule has 1 aliphatic carbocycles. The lowest BCUT2D eigenvalue weighted by Gasteiger charge is -2.11. The van der Waals surface area contributed by atoms with Gasteiger partial charge in [0.05, 0.1) is 0 Å². The van der Waals surface area contributed by atoms with E-state index < -0.39 is 42.7 Å². The highest BCUT2D eigenvalue weighted by Crippen LogP contribution is 2.44. The van der Waals surface area contributed by atoms with Crippen LogP contribution in [0.4, 0.5) is 17.6 Å². The average Bonchev–Trinajstić information content (AvgIpc) is 2.66. The third-order valence-electron chi connectivity index (χ3n) is 2.61. The molecular weight excluding hydrogens is 244 g/mol. The SMILES string of the molecule is O=C(O)Cn1nc(C(F)F)c2c1C(F)(F)CC2. The number of rotatable bonds is 3. The minimum absolute atomic E-state index is 0.207. The Kier molecular flexibility index (Phi) is 2.59. The molecule has 0 atom stereocenters. The summed E-state index contributed by atoms with van der Waals surface area (Å²) in [4.78, 5) is 10.5. The molecule has 0 spiro atoms. The number of hydrogen-bond donors (Lipinski definition) is 1. The number of halogens is 4. The average molecular weight is 252 g/mol. The van der Waals surface area contributed by atoms with Crippen molar-refractivity contribution in [1.82, 2.24) is 9.78 Å². The van der Waals surface area contributed by atoms with Crippen molar-refractivity contribution in [3.63, 3.8) is 0 Å². The molecule has 0 unspecified atom stereocenters. The molecule has 8 heteroatoms. The molecule has 0 aromatic carbocycles. The zero-order chi connectivity index (χ0) is 12.8. The Morgan fingerprint density at radius 3 is 2.71 bits per heavy atom. The Balaban J connectivity index is 2.54. The van der Waals surface area contributed by atoms with E-state index >= 15 is 0 Å². The first-order valence-corrected chi connectivity index (χ1v) is 4.80. The van der Waals surface area contributed by atoms with Crippen molar-refractivity contribution >= 4 is 5.97 Å². The van der Waals surface area contributed by atoms with Gasteiger partial charge in [-0.05, 0) is 6.42 Å². The summed E-state index contributed by atoms with van der Waals surface area (Å²) in [5.74, 6) is -4.69. The predicted molar refractivity (Wildman–Crippen MR) is 47.0 cm³/mol. The van der Waals surface area contributed by atoms with Crippen molar-refractivity contribution in [2.24, 2.45) is 0 Å².